The van der Waals surface area contributed by atoms with E-state index in [0.717, 1.165) is 5.56 Å². The number of ether oxygens (including phenoxy) is 5. The molecule has 0 saturated heterocycles. The highest BCUT2D eigenvalue weighted by atomic mass is 35.5. The smallest absolute Gasteiger partial charge is 0.349 e. The number of methoxy groups -OCH3 is 1. The highest BCUT2D eigenvalue weighted by Gasteiger charge is 2.32. The first kappa shape index (κ1) is 29.9. The summed E-state index contributed by atoms with van der Waals surface area (Å²) >= 11 is 18.2. The van der Waals surface area contributed by atoms with Crippen molar-refractivity contribution in [2.24, 2.45) is 5.73 Å². The zero-order valence-corrected chi connectivity index (χ0v) is 24.9. The second-order valence-electron chi connectivity index (χ2n) is 9.25. The van der Waals surface area contributed by atoms with Gasteiger partial charge in [-0.05, 0) is 48.0 Å². The third-order valence-corrected chi connectivity index (χ3v) is 7.42. The molecule has 4 aromatic rings. The Morgan fingerprint density at radius 1 is 0.930 bits per heavy atom. The molecule has 0 aromatic heterocycles. The van der Waals surface area contributed by atoms with E-state index in [2.05, 4.69) is 6.07 Å². The quantitative estimate of drug-likeness (QED) is 0.149. The number of carbonyl (C=O) groups is 1. The lowest BCUT2D eigenvalue weighted by atomic mass is 9.83. The van der Waals surface area contributed by atoms with Crippen molar-refractivity contribution in [2.45, 2.75) is 12.5 Å². The van der Waals surface area contributed by atoms with E-state index in [9.17, 15) is 10.1 Å². The summed E-state index contributed by atoms with van der Waals surface area (Å²) in [6, 6.07) is 24.4. The molecule has 0 amide bonds. The van der Waals surface area contributed by atoms with Gasteiger partial charge in [0.2, 0.25) is 5.88 Å². The Kier molecular flexibility index (Phi) is 9.17. The first-order valence-electron chi connectivity index (χ1n) is 12.8. The highest BCUT2D eigenvalue weighted by Crippen LogP contribution is 2.45. The number of rotatable bonds is 9. The average Bonchev–Trinajstić information content (AvgIpc) is 2.99. The Bertz CT molecular complexity index is 1770. The van der Waals surface area contributed by atoms with Crippen LogP contribution in [0.1, 0.15) is 22.6 Å². The van der Waals surface area contributed by atoms with Crippen LogP contribution in [-0.2, 0) is 11.4 Å². The van der Waals surface area contributed by atoms with E-state index in [-0.39, 0.29) is 34.6 Å². The van der Waals surface area contributed by atoms with Crippen molar-refractivity contribution < 1.29 is 28.5 Å². The van der Waals surface area contributed by atoms with E-state index in [4.69, 9.17) is 64.2 Å². The van der Waals surface area contributed by atoms with Crippen molar-refractivity contribution in [1.29, 1.82) is 5.26 Å². The van der Waals surface area contributed by atoms with Gasteiger partial charge in [-0.25, -0.2) is 4.79 Å². The summed E-state index contributed by atoms with van der Waals surface area (Å²) in [7, 11) is 1.53. The third kappa shape index (κ3) is 6.76. The minimum Gasteiger partial charge on any atom is -0.493 e. The van der Waals surface area contributed by atoms with Crippen LogP contribution in [-0.4, -0.2) is 19.7 Å². The van der Waals surface area contributed by atoms with E-state index in [1.54, 1.807) is 42.5 Å². The largest absolute Gasteiger partial charge is 0.493 e. The molecule has 43 heavy (non-hydrogen) atoms. The molecule has 0 bridgehead atoms. The van der Waals surface area contributed by atoms with Crippen LogP contribution in [0.15, 0.2) is 90.3 Å². The van der Waals surface area contributed by atoms with Crippen molar-refractivity contribution in [3.05, 3.63) is 122 Å². The normalized spacial score (nSPS) is 13.8. The zero-order chi connectivity index (χ0) is 30.5. The lowest BCUT2D eigenvalue weighted by molar-refractivity contribution is -0.136. The number of hydrogen-bond acceptors (Lipinski definition) is 8. The monoisotopic (exact) mass is 636 g/mol. The van der Waals surface area contributed by atoms with E-state index in [1.807, 2.05) is 24.3 Å². The van der Waals surface area contributed by atoms with Crippen molar-refractivity contribution >= 4 is 40.8 Å². The van der Waals surface area contributed by atoms with E-state index < -0.39 is 18.5 Å². The molecule has 0 spiro atoms. The Labute approximate surface area is 262 Å². The fraction of sp³-hybridized carbons (Fsp3) is 0.125. The number of fused-ring (bicyclic) bond motifs is 1. The molecule has 0 aliphatic carbocycles. The van der Waals surface area contributed by atoms with Gasteiger partial charge >= 0.3 is 5.97 Å². The van der Waals surface area contributed by atoms with Crippen LogP contribution < -0.4 is 29.4 Å². The molecule has 0 fully saturated rings. The maximum Gasteiger partial charge on any atom is 0.349 e. The Morgan fingerprint density at radius 2 is 1.72 bits per heavy atom. The van der Waals surface area contributed by atoms with E-state index in [1.165, 1.54) is 19.2 Å². The number of allylic oxidation sites excluding steroid dienone is 1. The van der Waals surface area contributed by atoms with Gasteiger partial charge in [0.15, 0.2) is 18.1 Å². The molecule has 2 N–H and O–H groups in total. The van der Waals surface area contributed by atoms with Gasteiger partial charge in [0, 0.05) is 27.2 Å². The molecule has 1 heterocycles. The number of nitrogens with two attached hydrogens (primary N) is 1. The summed E-state index contributed by atoms with van der Waals surface area (Å²) in [6.45, 7) is -0.154. The molecule has 5 rings (SSSR count). The summed E-state index contributed by atoms with van der Waals surface area (Å²) in [5, 5.41) is 11.3. The van der Waals surface area contributed by atoms with E-state index in [0.29, 0.717) is 38.4 Å². The highest BCUT2D eigenvalue weighted by molar-refractivity contribution is 6.35. The van der Waals surface area contributed by atoms with Gasteiger partial charge in [0.25, 0.3) is 0 Å². The van der Waals surface area contributed by atoms with Crippen LogP contribution >= 0.6 is 34.8 Å². The third-order valence-electron chi connectivity index (χ3n) is 6.52. The number of hydrogen-bond donors (Lipinski definition) is 1. The molecule has 218 valence electrons. The van der Waals surface area contributed by atoms with Gasteiger partial charge in [-0.1, -0.05) is 65.1 Å². The predicted octanol–water partition coefficient (Wildman–Crippen LogP) is 7.44. The molecule has 0 saturated carbocycles. The molecule has 1 unspecified atom stereocenters. The summed E-state index contributed by atoms with van der Waals surface area (Å²) < 4.78 is 28.2. The van der Waals surface area contributed by atoms with Crippen LogP contribution in [0.5, 0.6) is 28.7 Å². The van der Waals surface area contributed by atoms with Crippen LogP contribution in [0.25, 0.3) is 0 Å². The van der Waals surface area contributed by atoms with Crippen LogP contribution in [0, 0.1) is 11.3 Å². The molecule has 4 aromatic carbocycles. The number of nitriles is 1. The Balaban J connectivity index is 1.36. The predicted molar refractivity (Wildman–Crippen MR) is 162 cm³/mol. The molecule has 1 aliphatic heterocycles. The summed E-state index contributed by atoms with van der Waals surface area (Å²) in [5.74, 6) is 0.448. The van der Waals surface area contributed by atoms with Gasteiger partial charge in [-0.3, -0.25) is 0 Å². The Morgan fingerprint density at radius 3 is 2.47 bits per heavy atom. The fourth-order valence-electron chi connectivity index (χ4n) is 4.49. The standard InChI is InChI=1S/C32H23Cl3N2O6/c1-39-29-12-18(6-10-27(29)40-16-19-4-2-3-5-24(19)34)31-22-9-8-21(14-28(22)43-32(37)23(31)15-36)42-30(38)17-41-26-11-7-20(33)13-25(26)35/h2-14,31H,16-17,37H2,1H3. The average molecular weight is 638 g/mol. The van der Waals surface area contributed by atoms with E-state index >= 15 is 0 Å². The number of benzene rings is 4. The second-order valence-corrected chi connectivity index (χ2v) is 10.5. The van der Waals surface area contributed by atoms with Gasteiger partial charge < -0.3 is 29.4 Å². The minimum absolute atomic E-state index is 0.0674. The topological polar surface area (TPSA) is 113 Å². The summed E-state index contributed by atoms with van der Waals surface area (Å²) in [4.78, 5) is 12.5. The Hall–Kier alpha value is -4.55. The number of carbonyl (C=O) groups excluding carboxylic acids is 1. The first-order valence-corrected chi connectivity index (χ1v) is 13.9. The maximum absolute atomic E-state index is 12.5. The molecule has 1 atom stereocenters. The molecular weight excluding hydrogens is 615 g/mol. The minimum atomic E-state index is -0.670. The zero-order valence-electron chi connectivity index (χ0n) is 22.6. The van der Waals surface area contributed by atoms with Gasteiger partial charge in [0.1, 0.15) is 35.5 Å². The summed E-state index contributed by atoms with van der Waals surface area (Å²) in [6.07, 6.45) is 0. The molecule has 11 heteroatoms. The molecule has 1 aliphatic rings. The van der Waals surface area contributed by atoms with Crippen molar-refractivity contribution in [3.63, 3.8) is 0 Å². The molecule has 8 nitrogen and oxygen atoms in total. The number of nitrogens with zero attached hydrogens (tertiary/aromatic N) is 1. The van der Waals surface area contributed by atoms with Crippen LogP contribution in [0.2, 0.25) is 15.1 Å². The molecular formula is C32H23Cl3N2O6. The lowest BCUT2D eigenvalue weighted by Crippen LogP contribution is -2.22. The number of esters is 1. The van der Waals surface area contributed by atoms with Crippen molar-refractivity contribution in [2.75, 3.05) is 13.7 Å². The van der Waals surface area contributed by atoms with Crippen LogP contribution in [0.3, 0.4) is 0 Å². The lowest BCUT2D eigenvalue weighted by Gasteiger charge is -2.27. The van der Waals surface area contributed by atoms with Gasteiger partial charge in [-0.2, -0.15) is 5.26 Å². The first-order chi connectivity index (χ1) is 20.8. The van der Waals surface area contributed by atoms with Crippen molar-refractivity contribution in [3.8, 4) is 34.8 Å². The van der Waals surface area contributed by atoms with Gasteiger partial charge in [-0.15, -0.1) is 0 Å². The SMILES string of the molecule is COc1cc(C2C(C#N)=C(N)Oc3cc(OC(=O)COc4ccc(Cl)cc4Cl)ccc32)ccc1OCc1ccccc1Cl. The second kappa shape index (κ2) is 13.2. The van der Waals surface area contributed by atoms with Crippen molar-refractivity contribution in [1.82, 2.24) is 0 Å². The van der Waals surface area contributed by atoms with Gasteiger partial charge in [0.05, 0.1) is 18.1 Å². The molecule has 0 radical (unpaired) electrons. The van der Waals surface area contributed by atoms with Crippen LogP contribution in [0.4, 0.5) is 0 Å². The summed E-state index contributed by atoms with van der Waals surface area (Å²) in [5.41, 5.74) is 8.56. The fourth-order valence-corrected chi connectivity index (χ4v) is 5.14. The number of halogens is 3. The maximum atomic E-state index is 12.5.